The van der Waals surface area contributed by atoms with E-state index in [4.69, 9.17) is 0 Å². The first kappa shape index (κ1) is 14.4. The highest BCUT2D eigenvalue weighted by atomic mass is 19.4. The van der Waals surface area contributed by atoms with Gasteiger partial charge in [0.15, 0.2) is 0 Å². The van der Waals surface area contributed by atoms with E-state index < -0.39 is 18.0 Å². The predicted molar refractivity (Wildman–Crippen MR) is 70.0 cm³/mol. The Bertz CT molecular complexity index is 578. The van der Waals surface area contributed by atoms with Crippen molar-refractivity contribution in [1.82, 2.24) is 0 Å². The summed E-state index contributed by atoms with van der Waals surface area (Å²) in [6.07, 6.45) is -4.44. The lowest BCUT2D eigenvalue weighted by Gasteiger charge is -2.23. The number of nitrogens with one attached hydrogen (secondary N) is 1. The summed E-state index contributed by atoms with van der Waals surface area (Å²) in [5.74, 6) is -0.446. The molecule has 0 saturated carbocycles. The van der Waals surface area contributed by atoms with E-state index >= 15 is 0 Å². The molecule has 2 rings (SSSR count). The monoisotopic (exact) mass is 283 g/mol. The molecule has 0 saturated heterocycles. The van der Waals surface area contributed by atoms with Crippen LogP contribution in [-0.2, 0) is 0 Å². The molecule has 2 aromatic rings. The zero-order valence-electron chi connectivity index (χ0n) is 10.7. The van der Waals surface area contributed by atoms with E-state index in [1.165, 1.54) is 31.2 Å². The minimum Gasteiger partial charge on any atom is -0.370 e. The highest BCUT2D eigenvalue weighted by Gasteiger charge is 2.40. The number of hydrogen-bond donors (Lipinski definition) is 1. The van der Waals surface area contributed by atoms with Gasteiger partial charge in [-0.3, -0.25) is 0 Å². The molecule has 0 heterocycles. The summed E-state index contributed by atoms with van der Waals surface area (Å²) in [6.45, 7) is 1.51. The molecule has 1 unspecified atom stereocenters. The van der Waals surface area contributed by atoms with Crippen molar-refractivity contribution in [3.8, 4) is 0 Å². The molecule has 1 atom stereocenters. The number of aryl methyl sites for hydroxylation is 1. The maximum Gasteiger partial charge on any atom is 0.412 e. The van der Waals surface area contributed by atoms with Crippen LogP contribution in [0.1, 0.15) is 17.2 Å². The fourth-order valence-corrected chi connectivity index (χ4v) is 1.90. The number of hydrogen-bond acceptors (Lipinski definition) is 1. The summed E-state index contributed by atoms with van der Waals surface area (Å²) in [4.78, 5) is 0. The highest BCUT2D eigenvalue weighted by molar-refractivity contribution is 5.48. The molecule has 20 heavy (non-hydrogen) atoms. The Morgan fingerprint density at radius 1 is 1.00 bits per heavy atom. The van der Waals surface area contributed by atoms with Gasteiger partial charge in [0.1, 0.15) is 11.9 Å². The van der Waals surface area contributed by atoms with Gasteiger partial charge in [-0.15, -0.1) is 0 Å². The van der Waals surface area contributed by atoms with Crippen molar-refractivity contribution in [2.24, 2.45) is 0 Å². The summed E-state index contributed by atoms with van der Waals surface area (Å²) in [6, 6.07) is 9.53. The lowest BCUT2D eigenvalue weighted by Crippen LogP contribution is -2.27. The van der Waals surface area contributed by atoms with Crippen LogP contribution in [0.2, 0.25) is 0 Å². The van der Waals surface area contributed by atoms with Crippen molar-refractivity contribution < 1.29 is 17.6 Å². The van der Waals surface area contributed by atoms with Crippen molar-refractivity contribution in [3.63, 3.8) is 0 Å². The van der Waals surface area contributed by atoms with Gasteiger partial charge in [-0.05, 0) is 36.2 Å². The van der Waals surface area contributed by atoms with Gasteiger partial charge in [0, 0.05) is 5.69 Å². The molecule has 5 heteroatoms. The van der Waals surface area contributed by atoms with E-state index in [-0.39, 0.29) is 11.3 Å². The Morgan fingerprint density at radius 3 is 2.20 bits per heavy atom. The average Bonchev–Trinajstić information content (AvgIpc) is 2.39. The summed E-state index contributed by atoms with van der Waals surface area (Å²) in [5, 5.41) is 2.41. The Morgan fingerprint density at radius 2 is 1.65 bits per heavy atom. The molecular formula is C15H13F4N. The third-order valence-electron chi connectivity index (χ3n) is 2.93. The van der Waals surface area contributed by atoms with Crippen LogP contribution in [-0.4, -0.2) is 6.18 Å². The fourth-order valence-electron chi connectivity index (χ4n) is 1.90. The van der Waals surface area contributed by atoms with Crippen molar-refractivity contribution in [2.75, 3.05) is 5.32 Å². The SMILES string of the molecule is Cc1cc(NC(c2ccccc2)C(F)(F)F)ccc1F. The standard InChI is InChI=1S/C15H13F4N/c1-10-9-12(7-8-13(10)16)20-14(15(17,18)19)11-5-3-2-4-6-11/h2-9,14,20H,1H3. The number of alkyl halides is 3. The Hall–Kier alpha value is -2.04. The van der Waals surface area contributed by atoms with Gasteiger partial charge in [0.25, 0.3) is 0 Å². The lowest BCUT2D eigenvalue weighted by atomic mass is 10.1. The molecule has 0 aliphatic carbocycles. The molecule has 106 valence electrons. The molecule has 0 aliphatic heterocycles. The first-order chi connectivity index (χ1) is 9.38. The fraction of sp³-hybridized carbons (Fsp3) is 0.200. The zero-order valence-corrected chi connectivity index (χ0v) is 10.7. The van der Waals surface area contributed by atoms with Gasteiger partial charge >= 0.3 is 6.18 Å². The first-order valence-corrected chi connectivity index (χ1v) is 6.02. The van der Waals surface area contributed by atoms with Crippen molar-refractivity contribution in [1.29, 1.82) is 0 Å². The topological polar surface area (TPSA) is 12.0 Å². The Labute approximate surface area is 114 Å². The quantitative estimate of drug-likeness (QED) is 0.794. The minimum atomic E-state index is -4.44. The van der Waals surface area contributed by atoms with Crippen molar-refractivity contribution in [2.45, 2.75) is 19.1 Å². The van der Waals surface area contributed by atoms with E-state index in [1.54, 1.807) is 18.2 Å². The van der Waals surface area contributed by atoms with E-state index in [0.717, 1.165) is 6.07 Å². The lowest BCUT2D eigenvalue weighted by molar-refractivity contribution is -0.144. The van der Waals surface area contributed by atoms with Crippen LogP contribution in [0, 0.1) is 12.7 Å². The summed E-state index contributed by atoms with van der Waals surface area (Å²) < 4.78 is 52.5. The van der Waals surface area contributed by atoms with E-state index in [2.05, 4.69) is 5.32 Å². The second kappa shape index (κ2) is 5.53. The summed E-state index contributed by atoms with van der Waals surface area (Å²) in [7, 11) is 0. The van der Waals surface area contributed by atoms with Crippen molar-refractivity contribution >= 4 is 5.69 Å². The first-order valence-electron chi connectivity index (χ1n) is 6.02. The maximum atomic E-state index is 13.1. The normalized spacial score (nSPS) is 13.1. The van der Waals surface area contributed by atoms with Crippen LogP contribution in [0.25, 0.3) is 0 Å². The number of anilines is 1. The number of benzene rings is 2. The predicted octanol–water partition coefficient (Wildman–Crippen LogP) is 4.85. The molecule has 0 spiro atoms. The number of halogens is 4. The van der Waals surface area contributed by atoms with Gasteiger partial charge in [0.05, 0.1) is 0 Å². The molecule has 0 radical (unpaired) electrons. The third-order valence-corrected chi connectivity index (χ3v) is 2.93. The summed E-state index contributed by atoms with van der Waals surface area (Å²) >= 11 is 0. The maximum absolute atomic E-state index is 13.1. The molecule has 0 amide bonds. The van der Waals surface area contributed by atoms with Gasteiger partial charge in [-0.1, -0.05) is 30.3 Å². The van der Waals surface area contributed by atoms with Gasteiger partial charge in [-0.2, -0.15) is 13.2 Å². The molecule has 0 aliphatic rings. The van der Waals surface area contributed by atoms with Gasteiger partial charge in [-0.25, -0.2) is 4.39 Å². The van der Waals surface area contributed by atoms with Crippen LogP contribution in [0.15, 0.2) is 48.5 Å². The molecule has 2 aromatic carbocycles. The second-order valence-corrected chi connectivity index (χ2v) is 4.49. The molecule has 0 bridgehead atoms. The van der Waals surface area contributed by atoms with Crippen LogP contribution >= 0.6 is 0 Å². The largest absolute Gasteiger partial charge is 0.412 e. The smallest absolute Gasteiger partial charge is 0.370 e. The Balaban J connectivity index is 2.31. The van der Waals surface area contributed by atoms with E-state index in [1.807, 2.05) is 0 Å². The van der Waals surface area contributed by atoms with Crippen LogP contribution < -0.4 is 5.32 Å². The molecular weight excluding hydrogens is 270 g/mol. The van der Waals surface area contributed by atoms with Crippen LogP contribution in [0.3, 0.4) is 0 Å². The molecule has 1 nitrogen and oxygen atoms in total. The minimum absolute atomic E-state index is 0.113. The van der Waals surface area contributed by atoms with Gasteiger partial charge < -0.3 is 5.32 Å². The van der Waals surface area contributed by atoms with E-state index in [9.17, 15) is 17.6 Å². The highest BCUT2D eigenvalue weighted by Crippen LogP contribution is 2.35. The zero-order chi connectivity index (χ0) is 14.8. The number of rotatable bonds is 3. The van der Waals surface area contributed by atoms with Crippen LogP contribution in [0.5, 0.6) is 0 Å². The third kappa shape index (κ3) is 3.29. The molecule has 0 aromatic heterocycles. The van der Waals surface area contributed by atoms with Crippen LogP contribution in [0.4, 0.5) is 23.2 Å². The molecule has 0 fully saturated rings. The van der Waals surface area contributed by atoms with E-state index in [0.29, 0.717) is 5.56 Å². The average molecular weight is 283 g/mol. The van der Waals surface area contributed by atoms with Gasteiger partial charge in [0.2, 0.25) is 0 Å². The second-order valence-electron chi connectivity index (χ2n) is 4.49. The van der Waals surface area contributed by atoms with Crippen molar-refractivity contribution in [3.05, 3.63) is 65.5 Å². The summed E-state index contributed by atoms with van der Waals surface area (Å²) in [5.41, 5.74) is 0.640. The molecule has 1 N–H and O–H groups in total. The Kier molecular flexibility index (Phi) is 3.97.